The molecule has 0 spiro atoms. The van der Waals surface area contributed by atoms with Gasteiger partial charge >= 0.3 is 5.51 Å². The van der Waals surface area contributed by atoms with Crippen molar-refractivity contribution in [3.8, 4) is 0 Å². The number of hydrogen-bond donors (Lipinski definition) is 2. The lowest BCUT2D eigenvalue weighted by molar-refractivity contribution is -0.111. The van der Waals surface area contributed by atoms with Crippen molar-refractivity contribution in [1.82, 2.24) is 5.32 Å². The fourth-order valence-electron chi connectivity index (χ4n) is 2.03. The number of hydrogen-bond acceptors (Lipinski definition) is 3. The summed E-state index contributed by atoms with van der Waals surface area (Å²) >= 11 is 5.84. The molecular formula is C18H14ClF3N2O2S. The summed E-state index contributed by atoms with van der Waals surface area (Å²) < 4.78 is 36.9. The molecule has 0 unspecified atom stereocenters. The quantitative estimate of drug-likeness (QED) is 0.537. The summed E-state index contributed by atoms with van der Waals surface area (Å²) in [6.45, 7) is 0. The van der Waals surface area contributed by atoms with Crippen LogP contribution in [0.15, 0.2) is 53.4 Å². The number of thioether (sulfide) groups is 1. The van der Waals surface area contributed by atoms with Gasteiger partial charge in [-0.3, -0.25) is 9.59 Å². The van der Waals surface area contributed by atoms with Crippen molar-refractivity contribution >= 4 is 46.9 Å². The molecule has 2 aromatic carbocycles. The second kappa shape index (κ2) is 8.96. The maximum atomic E-state index is 12.3. The minimum atomic E-state index is -4.34. The van der Waals surface area contributed by atoms with Crippen LogP contribution in [0.4, 0.5) is 18.9 Å². The smallest absolute Gasteiger partial charge is 0.355 e. The first-order valence-electron chi connectivity index (χ1n) is 7.54. The lowest BCUT2D eigenvalue weighted by atomic mass is 10.2. The molecule has 4 nitrogen and oxygen atoms in total. The zero-order chi connectivity index (χ0) is 20.0. The Hall–Kier alpha value is -2.45. The van der Waals surface area contributed by atoms with Crippen LogP contribution < -0.4 is 10.6 Å². The van der Waals surface area contributed by atoms with Gasteiger partial charge in [-0.05, 0) is 53.7 Å². The van der Waals surface area contributed by atoms with Gasteiger partial charge in [0, 0.05) is 23.6 Å². The molecule has 0 aliphatic heterocycles. The number of rotatable bonds is 5. The van der Waals surface area contributed by atoms with Gasteiger partial charge in [-0.15, -0.1) is 0 Å². The number of amides is 2. The van der Waals surface area contributed by atoms with Crippen LogP contribution in [0.25, 0.3) is 6.08 Å². The predicted molar refractivity (Wildman–Crippen MR) is 101 cm³/mol. The monoisotopic (exact) mass is 414 g/mol. The molecule has 27 heavy (non-hydrogen) atoms. The van der Waals surface area contributed by atoms with Crippen LogP contribution in [0.5, 0.6) is 0 Å². The Bertz CT molecular complexity index is 868. The van der Waals surface area contributed by atoms with E-state index < -0.39 is 11.4 Å². The van der Waals surface area contributed by atoms with Gasteiger partial charge in [0.1, 0.15) is 0 Å². The van der Waals surface area contributed by atoms with E-state index >= 15 is 0 Å². The van der Waals surface area contributed by atoms with Gasteiger partial charge in [-0.25, -0.2) is 0 Å². The van der Waals surface area contributed by atoms with Crippen molar-refractivity contribution in [3.05, 3.63) is 64.7 Å². The van der Waals surface area contributed by atoms with E-state index in [1.165, 1.54) is 61.7 Å². The minimum Gasteiger partial charge on any atom is -0.355 e. The van der Waals surface area contributed by atoms with Crippen LogP contribution in [0, 0.1) is 0 Å². The highest BCUT2D eigenvalue weighted by atomic mass is 35.5. The Morgan fingerprint density at radius 3 is 2.33 bits per heavy atom. The molecule has 0 aromatic heterocycles. The normalized spacial score (nSPS) is 11.4. The molecule has 9 heteroatoms. The van der Waals surface area contributed by atoms with Gasteiger partial charge in [0.2, 0.25) is 5.91 Å². The van der Waals surface area contributed by atoms with Gasteiger partial charge in [0.05, 0.1) is 10.7 Å². The van der Waals surface area contributed by atoms with Crippen LogP contribution in [-0.2, 0) is 4.79 Å². The molecule has 0 heterocycles. The second-order valence-corrected chi connectivity index (χ2v) is 6.76. The summed E-state index contributed by atoms with van der Waals surface area (Å²) in [5.74, 6) is -0.778. The van der Waals surface area contributed by atoms with Crippen LogP contribution in [0.1, 0.15) is 15.9 Å². The van der Waals surface area contributed by atoms with E-state index in [0.29, 0.717) is 16.8 Å². The molecule has 0 saturated carbocycles. The summed E-state index contributed by atoms with van der Waals surface area (Å²) in [6, 6.07) is 10.0. The molecule has 2 aromatic rings. The third-order valence-corrected chi connectivity index (χ3v) is 4.31. The van der Waals surface area contributed by atoms with Gasteiger partial charge in [-0.2, -0.15) is 13.2 Å². The van der Waals surface area contributed by atoms with Gasteiger partial charge in [0.25, 0.3) is 5.91 Å². The SMILES string of the molecule is CNC(=O)c1ccc(NC(=O)/C=C/c2ccc(SC(F)(F)F)cc2)c(Cl)c1. The zero-order valence-electron chi connectivity index (χ0n) is 13.9. The van der Waals surface area contributed by atoms with Gasteiger partial charge in [0.15, 0.2) is 0 Å². The van der Waals surface area contributed by atoms with Crippen LogP contribution in [-0.4, -0.2) is 24.4 Å². The highest BCUT2D eigenvalue weighted by Crippen LogP contribution is 2.36. The van der Waals surface area contributed by atoms with Crippen LogP contribution >= 0.6 is 23.4 Å². The number of alkyl halides is 3. The Kier molecular flexibility index (Phi) is 6.92. The fourth-order valence-corrected chi connectivity index (χ4v) is 2.80. The third-order valence-electron chi connectivity index (χ3n) is 3.26. The topological polar surface area (TPSA) is 58.2 Å². The minimum absolute atomic E-state index is 0.0621. The van der Waals surface area contributed by atoms with Crippen molar-refractivity contribution in [2.75, 3.05) is 12.4 Å². The molecule has 2 amide bonds. The second-order valence-electron chi connectivity index (χ2n) is 5.21. The maximum Gasteiger partial charge on any atom is 0.446 e. The molecule has 0 saturated heterocycles. The Labute approximate surface area is 162 Å². The molecular weight excluding hydrogens is 401 g/mol. The number of benzene rings is 2. The lowest BCUT2D eigenvalue weighted by Gasteiger charge is -2.07. The molecule has 0 atom stereocenters. The Morgan fingerprint density at radius 2 is 1.78 bits per heavy atom. The van der Waals surface area contributed by atoms with E-state index in [1.54, 1.807) is 0 Å². The summed E-state index contributed by atoms with van der Waals surface area (Å²) in [5, 5.41) is 5.23. The largest absolute Gasteiger partial charge is 0.446 e. The molecule has 0 fully saturated rings. The average molecular weight is 415 g/mol. The number of carbonyl (C=O) groups excluding carboxylic acids is 2. The number of carbonyl (C=O) groups is 2. The van der Waals surface area contributed by atoms with Crippen LogP contribution in [0.3, 0.4) is 0 Å². The standard InChI is InChI=1S/C18H14ClF3N2O2S/c1-23-17(26)12-5-8-15(14(19)10-12)24-16(25)9-4-11-2-6-13(7-3-11)27-18(20,21)22/h2-10H,1H3,(H,23,26)(H,24,25)/b9-4+. The van der Waals surface area contributed by atoms with Crippen molar-refractivity contribution in [3.63, 3.8) is 0 Å². The van der Waals surface area contributed by atoms with E-state index in [9.17, 15) is 22.8 Å². The van der Waals surface area contributed by atoms with E-state index in [-0.39, 0.29) is 27.6 Å². The Balaban J connectivity index is 2.00. The molecule has 2 rings (SSSR count). The van der Waals surface area contributed by atoms with Crippen molar-refractivity contribution in [2.24, 2.45) is 0 Å². The summed E-state index contributed by atoms with van der Waals surface area (Å²) in [7, 11) is 1.49. The first kappa shape index (κ1) is 20.9. The molecule has 0 bridgehead atoms. The highest BCUT2D eigenvalue weighted by molar-refractivity contribution is 8.00. The first-order chi connectivity index (χ1) is 12.7. The summed E-state index contributed by atoms with van der Waals surface area (Å²) in [4.78, 5) is 23.6. The average Bonchev–Trinajstić information content (AvgIpc) is 2.61. The molecule has 142 valence electrons. The maximum absolute atomic E-state index is 12.3. The Morgan fingerprint density at radius 1 is 1.11 bits per heavy atom. The van der Waals surface area contributed by atoms with E-state index in [2.05, 4.69) is 10.6 Å². The number of halogens is 4. The summed E-state index contributed by atoms with van der Waals surface area (Å²) in [5.41, 5.74) is -3.09. The van der Waals surface area contributed by atoms with E-state index in [4.69, 9.17) is 11.6 Å². The predicted octanol–water partition coefficient (Wildman–Crippen LogP) is 4.96. The van der Waals surface area contributed by atoms with Crippen LogP contribution in [0.2, 0.25) is 5.02 Å². The lowest BCUT2D eigenvalue weighted by Crippen LogP contribution is -2.18. The zero-order valence-corrected chi connectivity index (χ0v) is 15.5. The first-order valence-corrected chi connectivity index (χ1v) is 8.74. The van der Waals surface area contributed by atoms with Crippen molar-refractivity contribution in [2.45, 2.75) is 10.4 Å². The fraction of sp³-hybridized carbons (Fsp3) is 0.111. The van der Waals surface area contributed by atoms with Crippen molar-refractivity contribution < 1.29 is 22.8 Å². The molecule has 0 radical (unpaired) electrons. The highest BCUT2D eigenvalue weighted by Gasteiger charge is 2.28. The molecule has 0 aliphatic rings. The van der Waals surface area contributed by atoms with Gasteiger partial charge in [-0.1, -0.05) is 23.7 Å². The summed E-state index contributed by atoms with van der Waals surface area (Å²) in [6.07, 6.45) is 2.69. The third kappa shape index (κ3) is 6.65. The van der Waals surface area contributed by atoms with Crippen molar-refractivity contribution in [1.29, 1.82) is 0 Å². The molecule has 0 aliphatic carbocycles. The van der Waals surface area contributed by atoms with E-state index in [0.717, 1.165) is 0 Å². The number of nitrogens with one attached hydrogen (secondary N) is 2. The van der Waals surface area contributed by atoms with Gasteiger partial charge < -0.3 is 10.6 Å². The van der Waals surface area contributed by atoms with E-state index in [1.807, 2.05) is 0 Å². The number of anilines is 1. The molecule has 2 N–H and O–H groups in total.